The van der Waals surface area contributed by atoms with Gasteiger partial charge in [0.05, 0.1) is 12.5 Å². The van der Waals surface area contributed by atoms with E-state index in [0.717, 1.165) is 5.56 Å². The third-order valence-electron chi connectivity index (χ3n) is 2.42. The minimum Gasteiger partial charge on any atom is -0.481 e. The molecule has 0 aliphatic rings. The van der Waals surface area contributed by atoms with Crippen LogP contribution in [0.1, 0.15) is 18.1 Å². The predicted molar refractivity (Wildman–Crippen MR) is 57.6 cm³/mol. The van der Waals surface area contributed by atoms with Gasteiger partial charge in [-0.05, 0) is 29.7 Å². The Labute approximate surface area is 93.9 Å². The normalized spacial score (nSPS) is 12.4. The van der Waals surface area contributed by atoms with Crippen molar-refractivity contribution in [2.75, 3.05) is 7.11 Å². The van der Waals surface area contributed by atoms with Crippen LogP contribution in [-0.2, 0) is 22.6 Å². The van der Waals surface area contributed by atoms with Crippen molar-refractivity contribution in [3.8, 4) is 0 Å². The molecule has 1 aromatic rings. The van der Waals surface area contributed by atoms with Crippen molar-refractivity contribution in [2.24, 2.45) is 5.92 Å². The van der Waals surface area contributed by atoms with Gasteiger partial charge in [-0.1, -0.05) is 13.0 Å². The minimum atomic E-state index is -0.854. The van der Waals surface area contributed by atoms with Crippen LogP contribution in [0, 0.1) is 11.7 Å². The summed E-state index contributed by atoms with van der Waals surface area (Å²) in [6.45, 7) is 1.92. The van der Waals surface area contributed by atoms with Gasteiger partial charge in [0.2, 0.25) is 0 Å². The molecule has 0 saturated carbocycles. The smallest absolute Gasteiger partial charge is 0.306 e. The second kappa shape index (κ2) is 5.61. The van der Waals surface area contributed by atoms with E-state index in [-0.39, 0.29) is 5.82 Å². The molecule has 0 amide bonds. The molecule has 0 aromatic heterocycles. The number of halogens is 1. The van der Waals surface area contributed by atoms with Crippen LogP contribution in [0.25, 0.3) is 0 Å². The molecule has 0 fully saturated rings. The van der Waals surface area contributed by atoms with Crippen molar-refractivity contribution < 1.29 is 19.0 Å². The van der Waals surface area contributed by atoms with Crippen molar-refractivity contribution in [1.29, 1.82) is 0 Å². The van der Waals surface area contributed by atoms with E-state index in [4.69, 9.17) is 9.84 Å². The quantitative estimate of drug-likeness (QED) is 0.837. The molecule has 1 atom stereocenters. The first-order valence-electron chi connectivity index (χ1n) is 5.03. The average Bonchev–Trinajstić information content (AvgIpc) is 2.22. The monoisotopic (exact) mass is 226 g/mol. The number of carbonyl (C=O) groups is 1. The van der Waals surface area contributed by atoms with Crippen LogP contribution in [-0.4, -0.2) is 18.2 Å². The molecule has 0 radical (unpaired) electrons. The topological polar surface area (TPSA) is 46.5 Å². The highest BCUT2D eigenvalue weighted by Gasteiger charge is 2.14. The summed E-state index contributed by atoms with van der Waals surface area (Å²) < 4.78 is 17.9. The van der Waals surface area contributed by atoms with Crippen LogP contribution in [0.2, 0.25) is 0 Å². The molecule has 0 spiro atoms. The summed E-state index contributed by atoms with van der Waals surface area (Å²) in [5, 5.41) is 8.81. The summed E-state index contributed by atoms with van der Waals surface area (Å²) in [7, 11) is 1.52. The Balaban J connectivity index is 2.89. The molecule has 16 heavy (non-hydrogen) atoms. The molecule has 1 aromatic carbocycles. The fourth-order valence-electron chi connectivity index (χ4n) is 1.50. The Morgan fingerprint density at radius 2 is 2.19 bits per heavy atom. The SMILES string of the molecule is COCc1cc(F)ccc1CC(C)C(=O)O. The number of ether oxygens (including phenoxy) is 1. The summed E-state index contributed by atoms with van der Waals surface area (Å²) in [4.78, 5) is 10.7. The predicted octanol–water partition coefficient (Wildman–Crippen LogP) is 2.24. The molecule has 0 aliphatic heterocycles. The van der Waals surface area contributed by atoms with E-state index in [2.05, 4.69) is 0 Å². The van der Waals surface area contributed by atoms with Crippen molar-refractivity contribution in [3.05, 3.63) is 35.1 Å². The first-order valence-corrected chi connectivity index (χ1v) is 5.03. The number of aliphatic carboxylic acids is 1. The van der Waals surface area contributed by atoms with Gasteiger partial charge < -0.3 is 9.84 Å². The van der Waals surface area contributed by atoms with E-state index >= 15 is 0 Å². The van der Waals surface area contributed by atoms with Gasteiger partial charge in [0.1, 0.15) is 5.82 Å². The number of carboxylic acid groups (broad SMARTS) is 1. The van der Waals surface area contributed by atoms with Gasteiger partial charge in [-0.2, -0.15) is 0 Å². The molecule has 0 bridgehead atoms. The molecule has 88 valence electrons. The van der Waals surface area contributed by atoms with E-state index in [1.807, 2.05) is 0 Å². The maximum absolute atomic E-state index is 13.0. The van der Waals surface area contributed by atoms with Gasteiger partial charge in [-0.15, -0.1) is 0 Å². The molecular weight excluding hydrogens is 211 g/mol. The second-order valence-corrected chi connectivity index (χ2v) is 3.79. The van der Waals surface area contributed by atoms with Gasteiger partial charge in [0.25, 0.3) is 0 Å². The molecule has 3 nitrogen and oxygen atoms in total. The first kappa shape index (κ1) is 12.6. The molecular formula is C12H15FO3. The summed E-state index contributed by atoms with van der Waals surface area (Å²) in [5.41, 5.74) is 1.52. The molecule has 0 saturated heterocycles. The molecule has 1 rings (SSSR count). The largest absolute Gasteiger partial charge is 0.481 e. The Hall–Kier alpha value is -1.42. The Morgan fingerprint density at radius 1 is 1.50 bits per heavy atom. The van der Waals surface area contributed by atoms with E-state index in [1.165, 1.54) is 19.2 Å². The van der Waals surface area contributed by atoms with Crippen LogP contribution in [0.15, 0.2) is 18.2 Å². The number of hydrogen-bond donors (Lipinski definition) is 1. The summed E-state index contributed by atoms with van der Waals surface area (Å²) in [6, 6.07) is 4.33. The van der Waals surface area contributed by atoms with Gasteiger partial charge in [-0.3, -0.25) is 4.79 Å². The molecule has 1 unspecified atom stereocenters. The lowest BCUT2D eigenvalue weighted by Gasteiger charge is -2.11. The zero-order valence-electron chi connectivity index (χ0n) is 9.37. The third kappa shape index (κ3) is 3.31. The summed E-state index contributed by atoms with van der Waals surface area (Å²) in [6.07, 6.45) is 0.383. The van der Waals surface area contributed by atoms with Crippen LogP contribution in [0.3, 0.4) is 0 Å². The fraction of sp³-hybridized carbons (Fsp3) is 0.417. The lowest BCUT2D eigenvalue weighted by molar-refractivity contribution is -0.141. The average molecular weight is 226 g/mol. The maximum atomic E-state index is 13.0. The number of carboxylic acids is 1. The summed E-state index contributed by atoms with van der Waals surface area (Å²) >= 11 is 0. The van der Waals surface area contributed by atoms with Gasteiger partial charge in [-0.25, -0.2) is 4.39 Å². The van der Waals surface area contributed by atoms with Gasteiger partial charge in [0.15, 0.2) is 0 Å². The molecule has 0 heterocycles. The standard InChI is InChI=1S/C12H15FO3/c1-8(12(14)15)5-9-3-4-11(13)6-10(9)7-16-2/h3-4,6,8H,5,7H2,1-2H3,(H,14,15). The van der Waals surface area contributed by atoms with E-state index in [9.17, 15) is 9.18 Å². The van der Waals surface area contributed by atoms with Crippen molar-refractivity contribution in [3.63, 3.8) is 0 Å². The number of hydrogen-bond acceptors (Lipinski definition) is 2. The molecule has 4 heteroatoms. The lowest BCUT2D eigenvalue weighted by atomic mass is 9.97. The lowest BCUT2D eigenvalue weighted by Crippen LogP contribution is -2.13. The van der Waals surface area contributed by atoms with E-state index in [0.29, 0.717) is 18.6 Å². The Morgan fingerprint density at radius 3 is 2.75 bits per heavy atom. The van der Waals surface area contributed by atoms with Gasteiger partial charge in [0, 0.05) is 7.11 Å². The van der Waals surface area contributed by atoms with Crippen molar-refractivity contribution in [2.45, 2.75) is 20.0 Å². The third-order valence-corrected chi connectivity index (χ3v) is 2.42. The minimum absolute atomic E-state index is 0.291. The van der Waals surface area contributed by atoms with Crippen LogP contribution in [0.4, 0.5) is 4.39 Å². The molecule has 1 N–H and O–H groups in total. The van der Waals surface area contributed by atoms with Crippen LogP contribution >= 0.6 is 0 Å². The summed E-state index contributed by atoms with van der Waals surface area (Å²) in [5.74, 6) is -1.67. The Kier molecular flexibility index (Phi) is 4.43. The van der Waals surface area contributed by atoms with Crippen molar-refractivity contribution in [1.82, 2.24) is 0 Å². The zero-order chi connectivity index (χ0) is 12.1. The van der Waals surface area contributed by atoms with Crippen LogP contribution in [0.5, 0.6) is 0 Å². The number of methoxy groups -OCH3 is 1. The highest BCUT2D eigenvalue weighted by atomic mass is 19.1. The van der Waals surface area contributed by atoms with E-state index in [1.54, 1.807) is 13.0 Å². The molecule has 0 aliphatic carbocycles. The van der Waals surface area contributed by atoms with Crippen molar-refractivity contribution >= 4 is 5.97 Å². The highest BCUT2D eigenvalue weighted by molar-refractivity contribution is 5.70. The number of rotatable bonds is 5. The number of benzene rings is 1. The van der Waals surface area contributed by atoms with E-state index < -0.39 is 11.9 Å². The maximum Gasteiger partial charge on any atom is 0.306 e. The van der Waals surface area contributed by atoms with Crippen LogP contribution < -0.4 is 0 Å². The first-order chi connectivity index (χ1) is 7.54. The fourth-order valence-corrected chi connectivity index (χ4v) is 1.50. The second-order valence-electron chi connectivity index (χ2n) is 3.79. The highest BCUT2D eigenvalue weighted by Crippen LogP contribution is 2.16. The Bertz CT molecular complexity index is 377. The van der Waals surface area contributed by atoms with Gasteiger partial charge >= 0.3 is 5.97 Å². The zero-order valence-corrected chi connectivity index (χ0v) is 9.37.